The highest BCUT2D eigenvalue weighted by molar-refractivity contribution is 4.90. The third kappa shape index (κ3) is 4.26. The fraction of sp³-hybridized carbons (Fsp3) is 0.846. The Labute approximate surface area is 114 Å². The lowest BCUT2D eigenvalue weighted by molar-refractivity contribution is 0.181. The fourth-order valence-corrected chi connectivity index (χ4v) is 2.55. The smallest absolute Gasteiger partial charge is 0.138 e. The zero-order valence-corrected chi connectivity index (χ0v) is 11.9. The SMILES string of the molecule is CC(C)Cn1ncnc1CC(CC1CCOC1)NN. The molecular weight excluding hydrogens is 242 g/mol. The molecule has 1 aromatic heterocycles. The molecule has 0 amide bonds. The lowest BCUT2D eigenvalue weighted by Crippen LogP contribution is -2.39. The van der Waals surface area contributed by atoms with Gasteiger partial charge in [0, 0.05) is 32.2 Å². The molecule has 2 heterocycles. The highest BCUT2D eigenvalue weighted by Crippen LogP contribution is 2.19. The van der Waals surface area contributed by atoms with Crippen LogP contribution in [0.4, 0.5) is 0 Å². The van der Waals surface area contributed by atoms with Crippen LogP contribution in [0, 0.1) is 11.8 Å². The van der Waals surface area contributed by atoms with Crippen molar-refractivity contribution in [3.8, 4) is 0 Å². The van der Waals surface area contributed by atoms with E-state index in [4.69, 9.17) is 10.6 Å². The van der Waals surface area contributed by atoms with Gasteiger partial charge in [-0.15, -0.1) is 0 Å². The molecule has 2 rings (SSSR count). The summed E-state index contributed by atoms with van der Waals surface area (Å²) in [6, 6.07) is 0.238. The predicted octanol–water partition coefficient (Wildman–Crippen LogP) is 0.735. The molecule has 6 nitrogen and oxygen atoms in total. The van der Waals surface area contributed by atoms with E-state index in [2.05, 4.69) is 29.4 Å². The van der Waals surface area contributed by atoms with Crippen molar-refractivity contribution in [3.63, 3.8) is 0 Å². The zero-order valence-electron chi connectivity index (χ0n) is 11.9. The summed E-state index contributed by atoms with van der Waals surface area (Å²) in [5.41, 5.74) is 2.91. The fourth-order valence-electron chi connectivity index (χ4n) is 2.55. The molecule has 0 radical (unpaired) electrons. The molecule has 0 bridgehead atoms. The number of hydrogen-bond donors (Lipinski definition) is 2. The first-order valence-electron chi connectivity index (χ1n) is 7.09. The molecule has 0 aromatic carbocycles. The van der Waals surface area contributed by atoms with E-state index >= 15 is 0 Å². The second-order valence-electron chi connectivity index (χ2n) is 5.79. The van der Waals surface area contributed by atoms with E-state index in [-0.39, 0.29) is 6.04 Å². The molecule has 19 heavy (non-hydrogen) atoms. The van der Waals surface area contributed by atoms with Gasteiger partial charge in [0.1, 0.15) is 12.2 Å². The summed E-state index contributed by atoms with van der Waals surface area (Å²) in [4.78, 5) is 4.36. The van der Waals surface area contributed by atoms with Gasteiger partial charge in [-0.2, -0.15) is 5.10 Å². The van der Waals surface area contributed by atoms with E-state index in [0.29, 0.717) is 11.8 Å². The summed E-state index contributed by atoms with van der Waals surface area (Å²) in [7, 11) is 0. The van der Waals surface area contributed by atoms with Crippen molar-refractivity contribution >= 4 is 0 Å². The van der Waals surface area contributed by atoms with Crippen LogP contribution in [-0.4, -0.2) is 34.0 Å². The van der Waals surface area contributed by atoms with Crippen molar-refractivity contribution in [2.24, 2.45) is 17.7 Å². The molecule has 0 spiro atoms. The van der Waals surface area contributed by atoms with Crippen molar-refractivity contribution < 1.29 is 4.74 Å². The van der Waals surface area contributed by atoms with Crippen LogP contribution in [0.25, 0.3) is 0 Å². The van der Waals surface area contributed by atoms with Crippen LogP contribution in [0.5, 0.6) is 0 Å². The third-order valence-corrected chi connectivity index (χ3v) is 3.54. The molecule has 6 heteroatoms. The van der Waals surface area contributed by atoms with Gasteiger partial charge in [0.15, 0.2) is 0 Å². The first kappa shape index (κ1) is 14.4. The molecule has 1 aliphatic rings. The normalized spacial score (nSPS) is 21.2. The van der Waals surface area contributed by atoms with Crippen molar-refractivity contribution in [2.75, 3.05) is 13.2 Å². The maximum atomic E-state index is 5.67. The number of aromatic nitrogens is 3. The lowest BCUT2D eigenvalue weighted by Gasteiger charge is -2.19. The van der Waals surface area contributed by atoms with E-state index in [0.717, 1.165) is 44.8 Å². The van der Waals surface area contributed by atoms with Gasteiger partial charge in [0.2, 0.25) is 0 Å². The average molecular weight is 267 g/mol. The summed E-state index contributed by atoms with van der Waals surface area (Å²) in [5, 5.41) is 4.29. The van der Waals surface area contributed by atoms with Crippen LogP contribution in [-0.2, 0) is 17.7 Å². The Bertz CT molecular complexity index is 373. The zero-order chi connectivity index (χ0) is 13.7. The highest BCUT2D eigenvalue weighted by atomic mass is 16.5. The number of nitrogens with two attached hydrogens (primary N) is 1. The van der Waals surface area contributed by atoms with Gasteiger partial charge < -0.3 is 4.74 Å². The number of rotatable bonds is 7. The number of hydrazine groups is 1. The minimum absolute atomic E-state index is 0.238. The summed E-state index contributed by atoms with van der Waals surface area (Å²) in [6.45, 7) is 7.00. The predicted molar refractivity (Wildman–Crippen MR) is 73.2 cm³/mol. The molecule has 1 aromatic rings. The van der Waals surface area contributed by atoms with Crippen molar-refractivity contribution in [1.82, 2.24) is 20.2 Å². The van der Waals surface area contributed by atoms with E-state index in [9.17, 15) is 0 Å². The van der Waals surface area contributed by atoms with Crippen LogP contribution in [0.2, 0.25) is 0 Å². The molecular formula is C13H25N5O. The van der Waals surface area contributed by atoms with Crippen LogP contribution in [0.15, 0.2) is 6.33 Å². The Hall–Kier alpha value is -0.980. The molecule has 3 N–H and O–H groups in total. The molecule has 1 saturated heterocycles. The molecule has 2 atom stereocenters. The standard InChI is InChI=1S/C13H25N5O/c1-10(2)7-18-13(15-9-16-18)6-12(17-14)5-11-3-4-19-8-11/h9-12,17H,3-8,14H2,1-2H3. The Balaban J connectivity index is 1.91. The molecule has 0 saturated carbocycles. The van der Waals surface area contributed by atoms with E-state index < -0.39 is 0 Å². The summed E-state index contributed by atoms with van der Waals surface area (Å²) in [6.07, 6.45) is 4.62. The van der Waals surface area contributed by atoms with Crippen LogP contribution < -0.4 is 11.3 Å². The summed E-state index contributed by atoms with van der Waals surface area (Å²) >= 11 is 0. The van der Waals surface area contributed by atoms with E-state index in [1.54, 1.807) is 6.33 Å². The monoisotopic (exact) mass is 267 g/mol. The van der Waals surface area contributed by atoms with E-state index in [1.807, 2.05) is 4.68 Å². The number of hydrogen-bond acceptors (Lipinski definition) is 5. The molecule has 1 fully saturated rings. The first-order valence-corrected chi connectivity index (χ1v) is 7.09. The third-order valence-electron chi connectivity index (χ3n) is 3.54. The van der Waals surface area contributed by atoms with Crippen molar-refractivity contribution in [1.29, 1.82) is 0 Å². The first-order chi connectivity index (χ1) is 9.19. The van der Waals surface area contributed by atoms with Crippen LogP contribution in [0.1, 0.15) is 32.5 Å². The minimum atomic E-state index is 0.238. The topological polar surface area (TPSA) is 78.0 Å². The molecule has 2 unspecified atom stereocenters. The van der Waals surface area contributed by atoms with Gasteiger partial charge in [-0.05, 0) is 24.7 Å². The van der Waals surface area contributed by atoms with Gasteiger partial charge >= 0.3 is 0 Å². The molecule has 0 aliphatic carbocycles. The lowest BCUT2D eigenvalue weighted by atomic mass is 9.97. The van der Waals surface area contributed by atoms with Gasteiger partial charge in [-0.1, -0.05) is 13.8 Å². The van der Waals surface area contributed by atoms with Crippen LogP contribution in [0.3, 0.4) is 0 Å². The molecule has 1 aliphatic heterocycles. The number of nitrogens with zero attached hydrogens (tertiary/aromatic N) is 3. The van der Waals surface area contributed by atoms with Crippen molar-refractivity contribution in [2.45, 2.75) is 45.7 Å². The average Bonchev–Trinajstić information content (AvgIpc) is 3.00. The number of nitrogens with one attached hydrogen (secondary N) is 1. The minimum Gasteiger partial charge on any atom is -0.381 e. The van der Waals surface area contributed by atoms with Gasteiger partial charge in [-0.25, -0.2) is 9.67 Å². The maximum absolute atomic E-state index is 5.67. The van der Waals surface area contributed by atoms with Gasteiger partial charge in [0.05, 0.1) is 0 Å². The van der Waals surface area contributed by atoms with Crippen molar-refractivity contribution in [3.05, 3.63) is 12.2 Å². The van der Waals surface area contributed by atoms with Crippen LogP contribution >= 0.6 is 0 Å². The Morgan fingerprint density at radius 1 is 1.58 bits per heavy atom. The Morgan fingerprint density at radius 2 is 2.42 bits per heavy atom. The van der Waals surface area contributed by atoms with Gasteiger partial charge in [-0.3, -0.25) is 11.3 Å². The number of ether oxygens (including phenoxy) is 1. The summed E-state index contributed by atoms with van der Waals surface area (Å²) < 4.78 is 7.40. The Kier molecular flexibility index (Phi) is 5.30. The van der Waals surface area contributed by atoms with E-state index in [1.165, 1.54) is 0 Å². The summed E-state index contributed by atoms with van der Waals surface area (Å²) in [5.74, 6) is 7.86. The highest BCUT2D eigenvalue weighted by Gasteiger charge is 2.21. The maximum Gasteiger partial charge on any atom is 0.138 e. The van der Waals surface area contributed by atoms with Gasteiger partial charge in [0.25, 0.3) is 0 Å². The largest absolute Gasteiger partial charge is 0.381 e. The second kappa shape index (κ2) is 6.98. The molecule has 108 valence electrons. The second-order valence-corrected chi connectivity index (χ2v) is 5.79. The quantitative estimate of drug-likeness (QED) is 0.562. The Morgan fingerprint density at radius 3 is 3.05 bits per heavy atom.